The number of imidazole rings is 1. The van der Waals surface area contributed by atoms with Crippen LogP contribution in [0.3, 0.4) is 0 Å². The van der Waals surface area contributed by atoms with Crippen LogP contribution in [0.1, 0.15) is 15.9 Å². The number of hydrogen-bond acceptors (Lipinski definition) is 6. The van der Waals surface area contributed by atoms with Crippen molar-refractivity contribution in [3.8, 4) is 28.6 Å². The van der Waals surface area contributed by atoms with E-state index in [1.807, 2.05) is 54.7 Å². The Balaban J connectivity index is 1.41. The van der Waals surface area contributed by atoms with Crippen LogP contribution >= 0.6 is 11.3 Å². The number of hydrogen-bond donors (Lipinski definition) is 1. The Kier molecular flexibility index (Phi) is 4.89. The smallest absolute Gasteiger partial charge is 0.194 e. The average Bonchev–Trinajstić information content (AvgIpc) is 3.40. The van der Waals surface area contributed by atoms with Gasteiger partial charge in [-0.05, 0) is 17.7 Å². The van der Waals surface area contributed by atoms with E-state index in [2.05, 4.69) is 21.2 Å². The van der Waals surface area contributed by atoms with E-state index < -0.39 is 6.10 Å². The second-order valence-corrected chi connectivity index (χ2v) is 7.93. The summed E-state index contributed by atoms with van der Waals surface area (Å²) in [4.78, 5) is 18.2. The monoisotopic (exact) mass is 414 g/mol. The molecular weight excluding hydrogens is 396 g/mol. The zero-order valence-corrected chi connectivity index (χ0v) is 16.9. The van der Waals surface area contributed by atoms with E-state index >= 15 is 0 Å². The Hall–Kier alpha value is -3.31. The Bertz CT molecular complexity index is 1240. The van der Waals surface area contributed by atoms with Crippen molar-refractivity contribution >= 4 is 22.1 Å². The van der Waals surface area contributed by atoms with Crippen molar-refractivity contribution in [1.82, 2.24) is 14.7 Å². The van der Waals surface area contributed by atoms with E-state index in [1.165, 1.54) is 0 Å². The van der Waals surface area contributed by atoms with Gasteiger partial charge >= 0.3 is 0 Å². The highest BCUT2D eigenvalue weighted by atomic mass is 32.1. The number of rotatable bonds is 4. The third-order valence-electron chi connectivity index (χ3n) is 5.20. The minimum absolute atomic E-state index is 0.00248. The molecule has 1 unspecified atom stereocenters. The summed E-state index contributed by atoms with van der Waals surface area (Å²) >= 11 is 1.57. The number of carbonyl (C=O) groups excluding carboxylic acids is 1. The van der Waals surface area contributed by atoms with Gasteiger partial charge in [-0.3, -0.25) is 9.20 Å². The predicted octanol–water partition coefficient (Wildman–Crippen LogP) is 3.77. The first-order valence-corrected chi connectivity index (χ1v) is 10.5. The number of morpholine rings is 1. The van der Waals surface area contributed by atoms with Crippen LogP contribution in [0.5, 0.6) is 0 Å². The lowest BCUT2D eigenvalue weighted by Gasteiger charge is -2.22. The first kappa shape index (κ1) is 18.7. The highest BCUT2D eigenvalue weighted by Crippen LogP contribution is 2.29. The molecule has 0 saturated carbocycles. The van der Waals surface area contributed by atoms with Crippen LogP contribution in [0.4, 0.5) is 0 Å². The average molecular weight is 414 g/mol. The van der Waals surface area contributed by atoms with E-state index in [0.717, 1.165) is 34.0 Å². The molecule has 30 heavy (non-hydrogen) atoms. The molecular formula is C23H18N4O2S. The summed E-state index contributed by atoms with van der Waals surface area (Å²) in [5.41, 5.74) is 5.16. The third-order valence-corrected chi connectivity index (χ3v) is 6.04. The summed E-state index contributed by atoms with van der Waals surface area (Å²) < 4.78 is 7.62. The fraction of sp³-hybridized carbons (Fsp3) is 0.174. The summed E-state index contributed by atoms with van der Waals surface area (Å²) in [5, 5.41) is 14.2. The maximum atomic E-state index is 12.6. The van der Waals surface area contributed by atoms with Crippen molar-refractivity contribution in [2.45, 2.75) is 6.10 Å². The van der Waals surface area contributed by atoms with Crippen molar-refractivity contribution < 1.29 is 9.53 Å². The minimum atomic E-state index is -0.419. The van der Waals surface area contributed by atoms with Gasteiger partial charge in [-0.25, -0.2) is 4.98 Å². The molecule has 2 aromatic heterocycles. The van der Waals surface area contributed by atoms with Crippen molar-refractivity contribution in [2.24, 2.45) is 0 Å². The summed E-state index contributed by atoms with van der Waals surface area (Å²) in [5.74, 6) is 0.00248. The molecule has 6 nitrogen and oxygen atoms in total. The zero-order chi connectivity index (χ0) is 20.5. The predicted molar refractivity (Wildman–Crippen MR) is 116 cm³/mol. The molecule has 1 aliphatic heterocycles. The molecule has 0 bridgehead atoms. The molecule has 2 aromatic carbocycles. The number of ketones is 1. The van der Waals surface area contributed by atoms with Gasteiger partial charge in [0, 0.05) is 35.8 Å². The van der Waals surface area contributed by atoms with Crippen molar-refractivity contribution in [2.75, 3.05) is 19.7 Å². The maximum Gasteiger partial charge on any atom is 0.194 e. The van der Waals surface area contributed by atoms with Gasteiger partial charge in [0.05, 0.1) is 29.6 Å². The number of nitriles is 1. The number of thiazole rings is 1. The van der Waals surface area contributed by atoms with Crippen LogP contribution in [0.25, 0.3) is 27.5 Å². The number of nitrogens with zero attached hydrogens (tertiary/aromatic N) is 3. The molecule has 1 N–H and O–H groups in total. The molecule has 0 radical (unpaired) electrons. The molecule has 0 aliphatic carbocycles. The second-order valence-electron chi connectivity index (χ2n) is 7.09. The lowest BCUT2D eigenvalue weighted by Crippen LogP contribution is -2.43. The number of aromatic nitrogens is 2. The van der Waals surface area contributed by atoms with Crippen molar-refractivity contribution in [3.05, 3.63) is 71.2 Å². The number of benzene rings is 2. The molecule has 1 saturated heterocycles. The molecule has 0 amide bonds. The highest BCUT2D eigenvalue weighted by molar-refractivity contribution is 7.15. The number of nitrogens with one attached hydrogen (secondary N) is 1. The van der Waals surface area contributed by atoms with Gasteiger partial charge < -0.3 is 10.1 Å². The first-order valence-electron chi connectivity index (χ1n) is 9.67. The lowest BCUT2D eigenvalue weighted by atomic mass is 10.0. The summed E-state index contributed by atoms with van der Waals surface area (Å²) in [6, 6.07) is 17.2. The molecule has 148 valence electrons. The lowest BCUT2D eigenvalue weighted by molar-refractivity contribution is 0.0269. The van der Waals surface area contributed by atoms with Gasteiger partial charge in [0.1, 0.15) is 6.10 Å². The molecule has 1 fully saturated rings. The summed E-state index contributed by atoms with van der Waals surface area (Å²) in [6.07, 6.45) is 1.59. The molecule has 0 spiro atoms. The zero-order valence-electron chi connectivity index (χ0n) is 16.0. The van der Waals surface area contributed by atoms with Crippen LogP contribution in [-0.4, -0.2) is 41.0 Å². The van der Waals surface area contributed by atoms with Crippen LogP contribution in [0, 0.1) is 11.3 Å². The first-order chi connectivity index (χ1) is 14.7. The second kappa shape index (κ2) is 7.84. The van der Waals surface area contributed by atoms with Crippen LogP contribution < -0.4 is 5.32 Å². The fourth-order valence-electron chi connectivity index (χ4n) is 3.57. The Morgan fingerprint density at radius 3 is 2.63 bits per heavy atom. The van der Waals surface area contributed by atoms with E-state index in [-0.39, 0.29) is 5.78 Å². The van der Waals surface area contributed by atoms with Crippen LogP contribution in [0.2, 0.25) is 0 Å². The maximum absolute atomic E-state index is 12.6. The molecule has 5 rings (SSSR count). The summed E-state index contributed by atoms with van der Waals surface area (Å²) in [7, 11) is 0. The molecule has 7 heteroatoms. The normalized spacial score (nSPS) is 16.4. The number of fused-ring (bicyclic) bond motifs is 1. The van der Waals surface area contributed by atoms with Gasteiger partial charge in [0.25, 0.3) is 0 Å². The minimum Gasteiger partial charge on any atom is -0.367 e. The molecule has 1 aliphatic rings. The quantitative estimate of drug-likeness (QED) is 0.514. The number of carbonyl (C=O) groups is 1. The van der Waals surface area contributed by atoms with Crippen LogP contribution in [0.15, 0.2) is 60.1 Å². The van der Waals surface area contributed by atoms with Gasteiger partial charge in [-0.2, -0.15) is 5.26 Å². The van der Waals surface area contributed by atoms with E-state index in [4.69, 9.17) is 15.0 Å². The van der Waals surface area contributed by atoms with Gasteiger partial charge in [0.15, 0.2) is 10.7 Å². The van der Waals surface area contributed by atoms with Crippen molar-refractivity contribution in [1.29, 1.82) is 5.26 Å². The molecule has 3 heterocycles. The van der Waals surface area contributed by atoms with Crippen molar-refractivity contribution in [3.63, 3.8) is 0 Å². The number of ether oxygens (including phenoxy) is 1. The van der Waals surface area contributed by atoms with E-state index in [0.29, 0.717) is 24.3 Å². The number of Topliss-reactive ketones (excluding diaryl/α,β-unsaturated/α-hetero) is 1. The van der Waals surface area contributed by atoms with Gasteiger partial charge in [-0.1, -0.05) is 36.4 Å². The Labute approximate surface area is 177 Å². The molecule has 4 aromatic rings. The SMILES string of the molecule is N#Cc1ccc(-c2csc3nc(-c4ccc(C(=O)C5CNCCO5)cc4)cn23)cc1. The fourth-order valence-corrected chi connectivity index (χ4v) is 4.45. The van der Waals surface area contributed by atoms with E-state index in [1.54, 1.807) is 11.3 Å². The third kappa shape index (κ3) is 3.42. The summed E-state index contributed by atoms with van der Waals surface area (Å²) in [6.45, 7) is 1.89. The van der Waals surface area contributed by atoms with Gasteiger partial charge in [0.2, 0.25) is 0 Å². The molecule has 1 atom stereocenters. The Morgan fingerprint density at radius 2 is 1.93 bits per heavy atom. The largest absolute Gasteiger partial charge is 0.367 e. The van der Waals surface area contributed by atoms with E-state index in [9.17, 15) is 4.79 Å². The topological polar surface area (TPSA) is 79.4 Å². The Morgan fingerprint density at radius 1 is 1.17 bits per heavy atom. The van der Waals surface area contributed by atoms with Crippen LogP contribution in [-0.2, 0) is 4.74 Å². The van der Waals surface area contributed by atoms with Gasteiger partial charge in [-0.15, -0.1) is 11.3 Å². The highest BCUT2D eigenvalue weighted by Gasteiger charge is 2.23. The standard InChI is InChI=1S/C23H18N4O2S/c24-11-15-1-3-17(4-2-15)20-14-30-23-26-19(13-27(20)23)16-5-7-18(8-6-16)22(28)21-12-25-9-10-29-21/h1-8,13-14,21,25H,9-10,12H2.